The van der Waals surface area contributed by atoms with Crippen molar-refractivity contribution in [2.24, 2.45) is 5.73 Å². The molecule has 0 aromatic heterocycles. The Kier molecular flexibility index (Phi) is 7.31. The first kappa shape index (κ1) is 17.8. The quantitative estimate of drug-likeness (QED) is 0.584. The first-order chi connectivity index (χ1) is 8.18. The lowest BCUT2D eigenvalue weighted by Crippen LogP contribution is -2.53. The fourth-order valence-electron chi connectivity index (χ4n) is 1.59. The maximum absolute atomic E-state index is 11.2. The normalized spacial score (nSPS) is 16.2. The van der Waals surface area contributed by atoms with Gasteiger partial charge in [0.05, 0.1) is 5.75 Å². The lowest BCUT2D eigenvalue weighted by molar-refractivity contribution is -0.126. The molecule has 0 bridgehead atoms. The molecule has 0 fully saturated rings. The minimum atomic E-state index is -2.97. The van der Waals surface area contributed by atoms with Crippen LogP contribution in [0.2, 0.25) is 0 Å². The summed E-state index contributed by atoms with van der Waals surface area (Å²) in [7, 11) is 2.03. The second kappa shape index (κ2) is 7.40. The second-order valence-electron chi connectivity index (χ2n) is 4.86. The Morgan fingerprint density at radius 2 is 1.83 bits per heavy atom. The van der Waals surface area contributed by atoms with Crippen LogP contribution >= 0.6 is 0 Å². The van der Waals surface area contributed by atoms with E-state index in [0.717, 1.165) is 0 Å². The highest BCUT2D eigenvalue weighted by molar-refractivity contribution is 7.90. The predicted molar refractivity (Wildman–Crippen MR) is 72.2 cm³/mol. The molecule has 0 aliphatic carbocycles. The number of hydrogen-bond donors (Lipinski definition) is 1. The van der Waals surface area contributed by atoms with Crippen molar-refractivity contribution in [3.8, 4) is 0 Å². The van der Waals surface area contributed by atoms with Gasteiger partial charge in [-0.15, -0.1) is 0 Å². The van der Waals surface area contributed by atoms with Crippen molar-refractivity contribution in [1.82, 2.24) is 4.90 Å². The average molecular weight is 282 g/mol. The van der Waals surface area contributed by atoms with Crippen molar-refractivity contribution in [2.75, 3.05) is 46.4 Å². The molecule has 1 atom stereocenters. The van der Waals surface area contributed by atoms with Crippen LogP contribution in [0.1, 0.15) is 13.3 Å². The summed E-state index contributed by atoms with van der Waals surface area (Å²) < 4.78 is 32.7. The van der Waals surface area contributed by atoms with Crippen LogP contribution in [0, 0.1) is 0 Å². The van der Waals surface area contributed by atoms with Crippen LogP contribution in [0.25, 0.3) is 0 Å². The molecule has 0 amide bonds. The fourth-order valence-corrected chi connectivity index (χ4v) is 2.20. The highest BCUT2D eigenvalue weighted by Gasteiger charge is 2.31. The molecule has 0 aromatic carbocycles. The van der Waals surface area contributed by atoms with Gasteiger partial charge in [-0.1, -0.05) is 0 Å². The molecule has 7 heteroatoms. The molecule has 0 spiro atoms. The summed E-state index contributed by atoms with van der Waals surface area (Å²) in [5.41, 5.74) is 5.44. The minimum Gasteiger partial charge on any atom is -0.356 e. The third-order valence-corrected chi connectivity index (χ3v) is 4.22. The van der Waals surface area contributed by atoms with E-state index in [4.69, 9.17) is 15.2 Å². The van der Waals surface area contributed by atoms with Crippen LogP contribution in [-0.2, 0) is 19.3 Å². The smallest absolute Gasteiger partial charge is 0.158 e. The summed E-state index contributed by atoms with van der Waals surface area (Å²) in [5, 5.41) is 0. The summed E-state index contributed by atoms with van der Waals surface area (Å²) in [4.78, 5) is 1.94. The van der Waals surface area contributed by atoms with Crippen molar-refractivity contribution in [3.05, 3.63) is 0 Å². The molecule has 0 heterocycles. The maximum atomic E-state index is 11.2. The molecule has 1 unspecified atom stereocenters. The van der Waals surface area contributed by atoms with Gasteiger partial charge >= 0.3 is 0 Å². The monoisotopic (exact) mass is 282 g/mol. The average Bonchev–Trinajstić information content (AvgIpc) is 2.31. The Bertz CT molecular complexity index is 330. The SMILES string of the molecule is COC(CC(C)(CN)N(C)CCS(C)(=O)=O)OC. The number of sulfone groups is 1. The van der Waals surface area contributed by atoms with Crippen LogP contribution in [0.15, 0.2) is 0 Å². The molecule has 0 rings (SSSR count). The number of nitrogens with two attached hydrogens (primary N) is 1. The molecule has 0 radical (unpaired) electrons. The Morgan fingerprint density at radius 1 is 1.33 bits per heavy atom. The van der Waals surface area contributed by atoms with Crippen LogP contribution in [-0.4, -0.2) is 71.5 Å². The number of hydrogen-bond acceptors (Lipinski definition) is 6. The van der Waals surface area contributed by atoms with Crippen molar-refractivity contribution in [3.63, 3.8) is 0 Å². The number of nitrogens with zero attached hydrogens (tertiary/aromatic N) is 1. The molecule has 0 aliphatic heterocycles. The molecule has 2 N–H and O–H groups in total. The van der Waals surface area contributed by atoms with Gasteiger partial charge in [-0.2, -0.15) is 0 Å². The van der Waals surface area contributed by atoms with Crippen molar-refractivity contribution < 1.29 is 17.9 Å². The van der Waals surface area contributed by atoms with E-state index in [1.807, 2.05) is 18.9 Å². The topological polar surface area (TPSA) is 81.9 Å². The summed E-state index contributed by atoms with van der Waals surface area (Å²) in [6.45, 7) is 2.81. The third-order valence-electron chi connectivity index (χ3n) is 3.29. The van der Waals surface area contributed by atoms with Gasteiger partial charge in [0.15, 0.2) is 6.29 Å². The molecule has 0 aliphatic rings. The van der Waals surface area contributed by atoms with Crippen molar-refractivity contribution in [2.45, 2.75) is 25.2 Å². The molecule has 0 aromatic rings. The number of rotatable bonds is 9. The Morgan fingerprint density at radius 3 is 2.17 bits per heavy atom. The van der Waals surface area contributed by atoms with Gasteiger partial charge in [0.1, 0.15) is 9.84 Å². The second-order valence-corrected chi connectivity index (χ2v) is 7.12. The van der Waals surface area contributed by atoms with E-state index in [2.05, 4.69) is 0 Å². The van der Waals surface area contributed by atoms with Crippen LogP contribution in [0.3, 0.4) is 0 Å². The summed E-state index contributed by atoms with van der Waals surface area (Å²) in [5.74, 6) is 0.115. The van der Waals surface area contributed by atoms with E-state index in [-0.39, 0.29) is 17.6 Å². The van der Waals surface area contributed by atoms with Gasteiger partial charge in [0.25, 0.3) is 0 Å². The van der Waals surface area contributed by atoms with Crippen LogP contribution < -0.4 is 5.73 Å². The van der Waals surface area contributed by atoms with E-state index in [9.17, 15) is 8.42 Å². The Hall–Kier alpha value is -0.210. The number of methoxy groups -OCH3 is 2. The molecule has 110 valence electrons. The molecule has 0 saturated heterocycles. The minimum absolute atomic E-state index is 0.115. The van der Waals surface area contributed by atoms with Gasteiger partial charge in [0.2, 0.25) is 0 Å². The maximum Gasteiger partial charge on any atom is 0.158 e. The summed E-state index contributed by atoms with van der Waals surface area (Å²) >= 11 is 0. The van der Waals surface area contributed by atoms with Crippen LogP contribution in [0.5, 0.6) is 0 Å². The molecule has 18 heavy (non-hydrogen) atoms. The standard InChI is InChI=1S/C11H26N2O4S/c1-11(9-12,8-10(16-3)17-4)13(2)6-7-18(5,14)15/h10H,6-9,12H2,1-5H3. The van der Waals surface area contributed by atoms with E-state index < -0.39 is 9.84 Å². The number of likely N-dealkylation sites (N-methyl/N-ethyl adjacent to an activating group) is 1. The van der Waals surface area contributed by atoms with Crippen molar-refractivity contribution >= 4 is 9.84 Å². The lowest BCUT2D eigenvalue weighted by atomic mass is 9.95. The zero-order chi connectivity index (χ0) is 14.4. The summed E-state index contributed by atoms with van der Waals surface area (Å²) in [6.07, 6.45) is 1.46. The molecular formula is C11H26N2O4S. The van der Waals surface area contributed by atoms with E-state index in [1.54, 1.807) is 14.2 Å². The lowest BCUT2D eigenvalue weighted by Gasteiger charge is -2.39. The first-order valence-electron chi connectivity index (χ1n) is 5.83. The highest BCUT2D eigenvalue weighted by Crippen LogP contribution is 2.20. The van der Waals surface area contributed by atoms with Gasteiger partial charge < -0.3 is 15.2 Å². The van der Waals surface area contributed by atoms with E-state index >= 15 is 0 Å². The van der Waals surface area contributed by atoms with Gasteiger partial charge in [-0.3, -0.25) is 4.90 Å². The van der Waals surface area contributed by atoms with Crippen molar-refractivity contribution in [1.29, 1.82) is 0 Å². The fraction of sp³-hybridized carbons (Fsp3) is 1.00. The highest BCUT2D eigenvalue weighted by atomic mass is 32.2. The molecular weight excluding hydrogens is 256 g/mol. The van der Waals surface area contributed by atoms with Gasteiger partial charge in [-0.25, -0.2) is 8.42 Å². The van der Waals surface area contributed by atoms with Crippen LogP contribution in [0.4, 0.5) is 0 Å². The first-order valence-corrected chi connectivity index (χ1v) is 7.89. The zero-order valence-corrected chi connectivity index (χ0v) is 12.8. The number of ether oxygens (including phenoxy) is 2. The third kappa shape index (κ3) is 6.10. The largest absolute Gasteiger partial charge is 0.356 e. The summed E-state index contributed by atoms with van der Waals surface area (Å²) in [6, 6.07) is 0. The van der Waals surface area contributed by atoms with Gasteiger partial charge in [-0.05, 0) is 14.0 Å². The van der Waals surface area contributed by atoms with Gasteiger partial charge in [0, 0.05) is 45.5 Å². The predicted octanol–water partition coefficient (Wildman–Crippen LogP) is -0.311. The zero-order valence-electron chi connectivity index (χ0n) is 12.0. The molecule has 0 saturated carbocycles. The Labute approximate surface area is 110 Å². The molecule has 6 nitrogen and oxygen atoms in total. The van der Waals surface area contributed by atoms with E-state index in [1.165, 1.54) is 6.26 Å². The Balaban J connectivity index is 4.61. The van der Waals surface area contributed by atoms with E-state index in [0.29, 0.717) is 19.5 Å².